The monoisotopic (exact) mass is 286 g/mol. The van der Waals surface area contributed by atoms with Gasteiger partial charge in [-0.15, -0.1) is 0 Å². The second-order valence-corrected chi connectivity index (χ2v) is 6.09. The minimum atomic E-state index is -0.588. The maximum Gasteiger partial charge on any atom is 0.155 e. The molecule has 0 heterocycles. The van der Waals surface area contributed by atoms with E-state index in [-0.39, 0.29) is 11.8 Å². The molecule has 0 aromatic heterocycles. The molecule has 0 saturated carbocycles. The highest BCUT2D eigenvalue weighted by molar-refractivity contribution is 5.99. The number of carbonyl (C=O) groups excluding carboxylic acids is 1. The van der Waals surface area contributed by atoms with Crippen molar-refractivity contribution in [3.63, 3.8) is 0 Å². The average molecular weight is 286 g/mol. The van der Waals surface area contributed by atoms with Crippen LogP contribution < -0.4 is 0 Å². The smallest absolute Gasteiger partial charge is 0.155 e. The highest BCUT2D eigenvalue weighted by atomic mass is 16.1. The fraction of sp³-hybridized carbons (Fsp3) is 0.190. The minimum Gasteiger partial charge on any atom is -0.298 e. The predicted molar refractivity (Wildman–Crippen MR) is 88.5 cm³/mol. The van der Waals surface area contributed by atoms with Gasteiger partial charge in [-0.25, -0.2) is 0 Å². The van der Waals surface area contributed by atoms with Crippen molar-refractivity contribution >= 4 is 5.78 Å². The lowest BCUT2D eigenvalue weighted by Gasteiger charge is -2.41. The molecule has 0 spiro atoms. The Hall–Kier alpha value is -2.41. The van der Waals surface area contributed by atoms with E-state index >= 15 is 0 Å². The van der Waals surface area contributed by atoms with E-state index in [4.69, 9.17) is 0 Å². The van der Waals surface area contributed by atoms with Gasteiger partial charge in [-0.1, -0.05) is 85.0 Å². The Balaban J connectivity index is 2.04. The Labute approximate surface area is 131 Å². The Kier molecular flexibility index (Phi) is 3.07. The van der Waals surface area contributed by atoms with Crippen molar-refractivity contribution in [2.75, 3.05) is 0 Å². The average Bonchev–Trinajstić information content (AvgIpc) is 2.90. The standard InChI is InChI=1S/C21H18O/c22-20-16-8-7-13-19(15-14-16)21(20,17-9-3-1-4-10-17)18-11-5-2-6-12-18/h1-7,9-16,19H,8H2. The highest BCUT2D eigenvalue weighted by Gasteiger charge is 2.51. The van der Waals surface area contributed by atoms with Crippen LogP contribution in [0.3, 0.4) is 0 Å². The molecule has 0 saturated heterocycles. The number of rotatable bonds is 2. The molecule has 0 N–H and O–H groups in total. The summed E-state index contributed by atoms with van der Waals surface area (Å²) in [5.74, 6) is 0.390. The van der Waals surface area contributed by atoms with Crippen molar-refractivity contribution in [3.8, 4) is 0 Å². The predicted octanol–water partition coefficient (Wildman–Crippen LogP) is 4.30. The number of fused-ring (bicyclic) bond motifs is 2. The molecule has 1 nitrogen and oxygen atoms in total. The first kappa shape index (κ1) is 13.3. The van der Waals surface area contributed by atoms with E-state index < -0.39 is 5.41 Å². The van der Waals surface area contributed by atoms with Crippen LogP contribution in [0.4, 0.5) is 0 Å². The third kappa shape index (κ3) is 1.75. The van der Waals surface area contributed by atoms with Gasteiger partial charge < -0.3 is 0 Å². The topological polar surface area (TPSA) is 17.1 Å². The van der Waals surface area contributed by atoms with Crippen LogP contribution in [0.25, 0.3) is 0 Å². The third-order valence-corrected chi connectivity index (χ3v) is 4.97. The Morgan fingerprint density at radius 3 is 1.95 bits per heavy atom. The number of hydrogen-bond acceptors (Lipinski definition) is 1. The molecule has 3 aliphatic carbocycles. The maximum atomic E-state index is 13.4. The number of hydrogen-bond donors (Lipinski definition) is 0. The number of Topliss-reactive ketones (excluding diaryl/α,β-unsaturated/α-hetero) is 1. The zero-order chi connectivity index (χ0) is 15.0. The van der Waals surface area contributed by atoms with E-state index in [0.29, 0.717) is 5.78 Å². The molecule has 2 atom stereocenters. The molecule has 2 unspecified atom stereocenters. The Morgan fingerprint density at radius 1 is 0.773 bits per heavy atom. The van der Waals surface area contributed by atoms with Gasteiger partial charge in [0.2, 0.25) is 0 Å². The summed E-state index contributed by atoms with van der Waals surface area (Å²) in [4.78, 5) is 13.4. The van der Waals surface area contributed by atoms with E-state index in [9.17, 15) is 4.79 Å². The van der Waals surface area contributed by atoms with Crippen molar-refractivity contribution in [3.05, 3.63) is 96.1 Å². The van der Waals surface area contributed by atoms with Crippen LogP contribution in [0, 0.1) is 11.8 Å². The third-order valence-electron chi connectivity index (χ3n) is 4.97. The first-order valence-electron chi connectivity index (χ1n) is 7.84. The summed E-state index contributed by atoms with van der Waals surface area (Å²) in [5.41, 5.74) is 1.60. The number of benzene rings is 2. The van der Waals surface area contributed by atoms with Crippen LogP contribution in [-0.2, 0) is 10.2 Å². The molecule has 0 fully saturated rings. The van der Waals surface area contributed by atoms with E-state index in [2.05, 4.69) is 48.6 Å². The number of carbonyl (C=O) groups is 1. The van der Waals surface area contributed by atoms with Gasteiger partial charge in [0.25, 0.3) is 0 Å². The second kappa shape index (κ2) is 5.10. The molecule has 2 aromatic rings. The fourth-order valence-electron chi connectivity index (χ4n) is 3.95. The van der Waals surface area contributed by atoms with Crippen molar-refractivity contribution in [2.45, 2.75) is 11.8 Å². The molecular weight excluding hydrogens is 268 g/mol. The van der Waals surface area contributed by atoms with Crippen LogP contribution in [-0.4, -0.2) is 5.78 Å². The zero-order valence-corrected chi connectivity index (χ0v) is 12.4. The van der Waals surface area contributed by atoms with Crippen LogP contribution in [0.5, 0.6) is 0 Å². The van der Waals surface area contributed by atoms with Crippen LogP contribution in [0.2, 0.25) is 0 Å². The molecule has 2 aromatic carbocycles. The molecule has 5 rings (SSSR count). The summed E-state index contributed by atoms with van der Waals surface area (Å²) in [6.45, 7) is 0. The van der Waals surface area contributed by atoms with Gasteiger partial charge in [-0.2, -0.15) is 0 Å². The van der Waals surface area contributed by atoms with Gasteiger partial charge in [-0.05, 0) is 17.5 Å². The number of allylic oxidation sites excluding steroid dienone is 4. The molecular formula is C21H18O. The van der Waals surface area contributed by atoms with Gasteiger partial charge >= 0.3 is 0 Å². The lowest BCUT2D eigenvalue weighted by molar-refractivity contribution is -0.126. The Bertz CT molecular complexity index is 700. The molecule has 0 radical (unpaired) electrons. The largest absolute Gasteiger partial charge is 0.298 e. The van der Waals surface area contributed by atoms with Crippen molar-refractivity contribution in [1.82, 2.24) is 0 Å². The summed E-state index contributed by atoms with van der Waals surface area (Å²) < 4.78 is 0. The van der Waals surface area contributed by atoms with Gasteiger partial charge in [0, 0.05) is 11.8 Å². The first-order valence-corrected chi connectivity index (χ1v) is 7.84. The molecule has 22 heavy (non-hydrogen) atoms. The lowest BCUT2D eigenvalue weighted by Crippen LogP contribution is -2.47. The van der Waals surface area contributed by atoms with Crippen LogP contribution in [0.1, 0.15) is 17.5 Å². The van der Waals surface area contributed by atoms with E-state index in [1.807, 2.05) is 36.4 Å². The van der Waals surface area contributed by atoms with Gasteiger partial charge in [0.15, 0.2) is 5.78 Å². The van der Waals surface area contributed by atoms with Gasteiger partial charge in [-0.3, -0.25) is 4.79 Å². The Morgan fingerprint density at radius 2 is 1.36 bits per heavy atom. The van der Waals surface area contributed by atoms with Crippen molar-refractivity contribution in [2.24, 2.45) is 11.8 Å². The van der Waals surface area contributed by atoms with E-state index in [1.54, 1.807) is 0 Å². The number of ketones is 1. The summed E-state index contributed by atoms with van der Waals surface area (Å²) in [5, 5.41) is 0. The van der Waals surface area contributed by atoms with Crippen LogP contribution in [0.15, 0.2) is 85.0 Å². The molecule has 108 valence electrons. The van der Waals surface area contributed by atoms with E-state index in [0.717, 1.165) is 17.5 Å². The van der Waals surface area contributed by atoms with Crippen molar-refractivity contribution < 1.29 is 4.79 Å². The zero-order valence-electron chi connectivity index (χ0n) is 12.4. The molecule has 2 bridgehead atoms. The molecule has 1 heteroatoms. The van der Waals surface area contributed by atoms with Crippen molar-refractivity contribution in [1.29, 1.82) is 0 Å². The first-order chi connectivity index (χ1) is 10.8. The second-order valence-electron chi connectivity index (χ2n) is 6.09. The molecule has 0 amide bonds. The van der Waals surface area contributed by atoms with Gasteiger partial charge in [0.05, 0.1) is 5.41 Å². The normalized spacial score (nSPS) is 25.2. The lowest BCUT2D eigenvalue weighted by atomic mass is 9.59. The van der Waals surface area contributed by atoms with E-state index in [1.165, 1.54) is 0 Å². The summed E-state index contributed by atoms with van der Waals surface area (Å²) >= 11 is 0. The quantitative estimate of drug-likeness (QED) is 0.752. The molecule has 0 aliphatic heterocycles. The summed E-state index contributed by atoms with van der Waals surface area (Å²) in [6, 6.07) is 20.5. The summed E-state index contributed by atoms with van der Waals surface area (Å²) in [6.07, 6.45) is 9.50. The highest BCUT2D eigenvalue weighted by Crippen LogP contribution is 2.48. The molecule has 3 aliphatic rings. The summed E-state index contributed by atoms with van der Waals surface area (Å²) in [7, 11) is 0. The van der Waals surface area contributed by atoms with Gasteiger partial charge in [0.1, 0.15) is 0 Å². The maximum absolute atomic E-state index is 13.4. The minimum absolute atomic E-state index is 0.0181. The SMILES string of the molecule is O=C1C2C=CC(C=CC2)C1(c1ccccc1)c1ccccc1. The van der Waals surface area contributed by atoms with Crippen LogP contribution >= 0.6 is 0 Å². The fourth-order valence-corrected chi connectivity index (χ4v) is 3.95.